The molecule has 1 N–H and O–H groups in total. The van der Waals surface area contributed by atoms with Gasteiger partial charge in [0.1, 0.15) is 18.4 Å². The number of rotatable bonds is 11. The van der Waals surface area contributed by atoms with Gasteiger partial charge in [-0.3, -0.25) is 13.9 Å². The fourth-order valence-electron chi connectivity index (χ4n) is 5.21. The summed E-state index contributed by atoms with van der Waals surface area (Å²) in [6.45, 7) is -1.40. The number of hydrogen-bond acceptors (Lipinski definition) is 4. The van der Waals surface area contributed by atoms with Crippen LogP contribution in [0.3, 0.4) is 0 Å². The number of halogens is 5. The van der Waals surface area contributed by atoms with Crippen LogP contribution in [0.2, 0.25) is 5.02 Å². The van der Waals surface area contributed by atoms with Crippen molar-refractivity contribution in [2.24, 2.45) is 0 Å². The highest BCUT2D eigenvalue weighted by Crippen LogP contribution is 2.36. The molecule has 0 unspecified atom stereocenters. The fourth-order valence-corrected chi connectivity index (χ4v) is 6.33. The molecule has 44 heavy (non-hydrogen) atoms. The van der Waals surface area contributed by atoms with E-state index in [1.54, 1.807) is 36.4 Å². The summed E-state index contributed by atoms with van der Waals surface area (Å²) in [5.74, 6) is -2.09. The molecule has 0 aliphatic heterocycles. The number of carbonyl (C=O) groups excluding carboxylic acids is 2. The third-order valence-corrected chi connectivity index (χ3v) is 8.94. The van der Waals surface area contributed by atoms with Crippen LogP contribution in [-0.4, -0.2) is 50.0 Å². The normalized spacial score (nSPS) is 14.7. The van der Waals surface area contributed by atoms with Crippen molar-refractivity contribution in [2.75, 3.05) is 17.1 Å². The maximum atomic E-state index is 14.9. The van der Waals surface area contributed by atoms with Gasteiger partial charge in [-0.25, -0.2) is 12.8 Å². The Bertz CT molecular complexity index is 1580. The molecular weight excluding hydrogens is 622 g/mol. The van der Waals surface area contributed by atoms with Crippen molar-refractivity contribution in [3.05, 3.63) is 100 Å². The van der Waals surface area contributed by atoms with Crippen LogP contribution in [-0.2, 0) is 38.8 Å². The van der Waals surface area contributed by atoms with Gasteiger partial charge in [0.15, 0.2) is 0 Å². The topological polar surface area (TPSA) is 86.8 Å². The first kappa shape index (κ1) is 33.3. The number of nitrogens with one attached hydrogen (secondary N) is 1. The Labute approximate surface area is 258 Å². The zero-order valence-corrected chi connectivity index (χ0v) is 25.4. The molecule has 1 fully saturated rings. The molecule has 236 valence electrons. The summed E-state index contributed by atoms with van der Waals surface area (Å²) in [4.78, 5) is 29.0. The number of nitrogens with zero attached hydrogens (tertiary/aromatic N) is 2. The van der Waals surface area contributed by atoms with Crippen molar-refractivity contribution >= 4 is 39.1 Å². The van der Waals surface area contributed by atoms with Crippen LogP contribution in [0.5, 0.6) is 0 Å². The molecular formula is C31H32ClF4N3O4S. The average molecular weight is 654 g/mol. The van der Waals surface area contributed by atoms with E-state index in [2.05, 4.69) is 5.32 Å². The first-order valence-corrected chi connectivity index (χ1v) is 16.2. The van der Waals surface area contributed by atoms with Gasteiger partial charge in [-0.2, -0.15) is 13.2 Å². The molecule has 2 amide bonds. The second-order valence-corrected chi connectivity index (χ2v) is 13.1. The lowest BCUT2D eigenvalue weighted by atomic mass is 10.0. The highest BCUT2D eigenvalue weighted by Gasteiger charge is 2.36. The third-order valence-electron chi connectivity index (χ3n) is 7.49. The number of alkyl halides is 3. The highest BCUT2D eigenvalue weighted by molar-refractivity contribution is 7.92. The van der Waals surface area contributed by atoms with E-state index in [9.17, 15) is 35.6 Å². The Morgan fingerprint density at radius 1 is 1.00 bits per heavy atom. The van der Waals surface area contributed by atoms with Crippen LogP contribution in [0.15, 0.2) is 72.8 Å². The molecule has 3 aromatic rings. The molecule has 13 heteroatoms. The van der Waals surface area contributed by atoms with Crippen molar-refractivity contribution in [1.82, 2.24) is 10.2 Å². The number of hydrogen-bond donors (Lipinski definition) is 1. The van der Waals surface area contributed by atoms with Gasteiger partial charge in [-0.15, -0.1) is 0 Å². The average Bonchev–Trinajstić information content (AvgIpc) is 3.47. The zero-order valence-electron chi connectivity index (χ0n) is 23.9. The van der Waals surface area contributed by atoms with Gasteiger partial charge in [-0.1, -0.05) is 73.0 Å². The second kappa shape index (κ2) is 14.0. The Morgan fingerprint density at radius 3 is 2.25 bits per heavy atom. The number of sulfonamides is 1. The lowest BCUT2D eigenvalue weighted by molar-refractivity contribution is -0.140. The minimum atomic E-state index is -4.82. The van der Waals surface area contributed by atoms with Crippen LogP contribution in [0.1, 0.15) is 42.4 Å². The molecule has 1 saturated carbocycles. The summed E-state index contributed by atoms with van der Waals surface area (Å²) in [5, 5.41) is 2.64. The Morgan fingerprint density at radius 2 is 1.64 bits per heavy atom. The van der Waals surface area contributed by atoms with E-state index in [0.717, 1.165) is 42.9 Å². The van der Waals surface area contributed by atoms with E-state index < -0.39 is 64.2 Å². The monoisotopic (exact) mass is 653 g/mol. The predicted molar refractivity (Wildman–Crippen MR) is 160 cm³/mol. The molecule has 0 bridgehead atoms. The maximum absolute atomic E-state index is 14.9. The predicted octanol–water partition coefficient (Wildman–Crippen LogP) is 5.96. The van der Waals surface area contributed by atoms with Crippen LogP contribution >= 0.6 is 11.6 Å². The van der Waals surface area contributed by atoms with Gasteiger partial charge in [0.05, 0.1) is 22.5 Å². The summed E-state index contributed by atoms with van der Waals surface area (Å²) < 4.78 is 81.8. The summed E-state index contributed by atoms with van der Waals surface area (Å²) >= 11 is 6.16. The molecule has 0 saturated heterocycles. The number of anilines is 1. The highest BCUT2D eigenvalue weighted by atomic mass is 35.5. The van der Waals surface area contributed by atoms with Gasteiger partial charge >= 0.3 is 6.18 Å². The van der Waals surface area contributed by atoms with Gasteiger partial charge in [-0.05, 0) is 42.7 Å². The standard InChI is InChI=1S/C31H32ClF4N3O4S/c1-44(42,43)39(27-18-23(31(34,35)36)15-16-25(27)32)20-29(40)38(19-22-11-5-8-14-26(22)33)28(17-21-9-3-2-4-10-21)30(41)37-24-12-6-7-13-24/h2-5,8-11,14-16,18,24,28H,6-7,12-13,17,19-20H2,1H3,(H,37,41)/t28-/m1/s1. The quantitative estimate of drug-likeness (QED) is 0.259. The zero-order chi connectivity index (χ0) is 32.1. The largest absolute Gasteiger partial charge is 0.416 e. The number of amides is 2. The first-order chi connectivity index (χ1) is 20.7. The van der Waals surface area contributed by atoms with Crippen LogP contribution in [0, 0.1) is 5.82 Å². The van der Waals surface area contributed by atoms with E-state index in [4.69, 9.17) is 11.6 Å². The Balaban J connectivity index is 1.78. The van der Waals surface area contributed by atoms with Crippen molar-refractivity contribution in [3.63, 3.8) is 0 Å². The molecule has 7 nitrogen and oxygen atoms in total. The van der Waals surface area contributed by atoms with Crippen LogP contribution < -0.4 is 9.62 Å². The van der Waals surface area contributed by atoms with E-state index >= 15 is 0 Å². The summed E-state index contributed by atoms with van der Waals surface area (Å²) in [7, 11) is -4.38. The van der Waals surface area contributed by atoms with Crippen molar-refractivity contribution < 1.29 is 35.6 Å². The Kier molecular flexibility index (Phi) is 10.6. The van der Waals surface area contributed by atoms with E-state index in [1.165, 1.54) is 18.2 Å². The van der Waals surface area contributed by atoms with Crippen LogP contribution in [0.25, 0.3) is 0 Å². The van der Waals surface area contributed by atoms with Gasteiger partial charge in [0, 0.05) is 24.6 Å². The maximum Gasteiger partial charge on any atom is 0.416 e. The molecule has 1 aliphatic carbocycles. The SMILES string of the molecule is CS(=O)(=O)N(CC(=O)N(Cc1ccccc1F)[C@H](Cc1ccccc1)C(=O)NC1CCCC1)c1cc(C(F)(F)F)ccc1Cl. The molecule has 4 rings (SSSR count). The van der Waals surface area contributed by atoms with Crippen molar-refractivity contribution in [2.45, 2.75) is 56.9 Å². The molecule has 1 atom stereocenters. The van der Waals surface area contributed by atoms with Gasteiger partial charge in [0.2, 0.25) is 21.8 Å². The van der Waals surface area contributed by atoms with Crippen molar-refractivity contribution in [1.29, 1.82) is 0 Å². The summed E-state index contributed by atoms with van der Waals surface area (Å²) in [6, 6.07) is 15.2. The second-order valence-electron chi connectivity index (χ2n) is 10.7. The molecule has 0 radical (unpaired) electrons. The minimum absolute atomic E-state index is 0.0166. The number of benzene rings is 3. The molecule has 3 aromatic carbocycles. The third kappa shape index (κ3) is 8.50. The fraction of sp³-hybridized carbons (Fsp3) is 0.355. The lowest BCUT2D eigenvalue weighted by Gasteiger charge is -2.34. The molecule has 0 heterocycles. The minimum Gasteiger partial charge on any atom is -0.352 e. The molecule has 1 aliphatic rings. The molecule has 0 spiro atoms. The Hall–Kier alpha value is -3.64. The smallest absolute Gasteiger partial charge is 0.352 e. The summed E-state index contributed by atoms with van der Waals surface area (Å²) in [6.07, 6.45) is -0.722. The van der Waals surface area contributed by atoms with Gasteiger partial charge in [0.25, 0.3) is 0 Å². The molecule has 0 aromatic heterocycles. The van der Waals surface area contributed by atoms with E-state index in [1.807, 2.05) is 0 Å². The summed E-state index contributed by atoms with van der Waals surface area (Å²) in [5.41, 5.74) is -0.973. The van der Waals surface area contributed by atoms with E-state index in [0.29, 0.717) is 22.0 Å². The lowest BCUT2D eigenvalue weighted by Crippen LogP contribution is -2.54. The van der Waals surface area contributed by atoms with Crippen molar-refractivity contribution in [3.8, 4) is 0 Å². The van der Waals surface area contributed by atoms with Crippen LogP contribution in [0.4, 0.5) is 23.2 Å². The first-order valence-electron chi connectivity index (χ1n) is 14.0. The van der Waals surface area contributed by atoms with Gasteiger partial charge < -0.3 is 10.2 Å². The van der Waals surface area contributed by atoms with E-state index in [-0.39, 0.29) is 23.0 Å². The number of carbonyl (C=O) groups is 2.